The zero-order valence-electron chi connectivity index (χ0n) is 19.7. The molecule has 2 aliphatic heterocycles. The molecule has 0 aromatic carbocycles. The van der Waals surface area contributed by atoms with E-state index in [1.54, 1.807) is 23.7 Å². The molecule has 35 heavy (non-hydrogen) atoms. The number of nitrogens with two attached hydrogens (primary N) is 1. The fourth-order valence-corrected chi connectivity index (χ4v) is 5.44. The molecule has 12 heteroatoms. The van der Waals surface area contributed by atoms with Gasteiger partial charge >= 0.3 is 0 Å². The molecule has 4 N–H and O–H groups in total. The van der Waals surface area contributed by atoms with E-state index in [2.05, 4.69) is 25.1 Å². The van der Waals surface area contributed by atoms with E-state index >= 15 is 0 Å². The standard InChI is InChI=1S/C23H30N8O3S/c1-14(30-4-2-16(32)3-5-30)22(33)25-13-17-10-18-19(35-17)21(31-6-8-34-9-7-31)29-20(28-18)15-11-26-23(24)27-12-15/h10-12,14,16,32H,2-9,13H2,1H3,(H,25,33)(H2,24,26,27). The van der Waals surface area contributed by atoms with Crippen LogP contribution in [0, 0.1) is 0 Å². The summed E-state index contributed by atoms with van der Waals surface area (Å²) < 4.78 is 6.51. The van der Waals surface area contributed by atoms with Crippen LogP contribution >= 0.6 is 11.3 Å². The molecular weight excluding hydrogens is 468 g/mol. The zero-order chi connectivity index (χ0) is 24.4. The van der Waals surface area contributed by atoms with E-state index in [9.17, 15) is 9.90 Å². The third kappa shape index (κ3) is 5.35. The Labute approximate surface area is 207 Å². The van der Waals surface area contributed by atoms with Crippen molar-refractivity contribution in [1.29, 1.82) is 0 Å². The number of carbonyl (C=O) groups is 1. The van der Waals surface area contributed by atoms with Crippen molar-refractivity contribution in [1.82, 2.24) is 30.2 Å². The van der Waals surface area contributed by atoms with E-state index in [0.717, 1.165) is 47.1 Å². The lowest BCUT2D eigenvalue weighted by atomic mass is 10.1. The van der Waals surface area contributed by atoms with E-state index in [0.29, 0.717) is 44.0 Å². The number of likely N-dealkylation sites (tertiary alicyclic amines) is 1. The summed E-state index contributed by atoms with van der Waals surface area (Å²) in [6.07, 6.45) is 4.41. The second-order valence-electron chi connectivity index (χ2n) is 8.89. The number of amides is 1. The smallest absolute Gasteiger partial charge is 0.237 e. The van der Waals surface area contributed by atoms with Gasteiger partial charge in [0.2, 0.25) is 11.9 Å². The molecule has 0 spiro atoms. The summed E-state index contributed by atoms with van der Waals surface area (Å²) >= 11 is 1.59. The van der Waals surface area contributed by atoms with Gasteiger partial charge in [0, 0.05) is 43.4 Å². The quantitative estimate of drug-likeness (QED) is 0.451. The third-order valence-electron chi connectivity index (χ3n) is 6.51. The first-order chi connectivity index (χ1) is 17.0. The van der Waals surface area contributed by atoms with Crippen molar-refractivity contribution in [3.05, 3.63) is 23.3 Å². The Morgan fingerprint density at radius 2 is 1.94 bits per heavy atom. The monoisotopic (exact) mass is 498 g/mol. The van der Waals surface area contributed by atoms with Gasteiger partial charge in [-0.3, -0.25) is 9.69 Å². The number of thiophene rings is 1. The molecule has 3 aromatic heterocycles. The van der Waals surface area contributed by atoms with Crippen LogP contribution in [-0.2, 0) is 16.1 Å². The molecule has 2 fully saturated rings. The van der Waals surface area contributed by atoms with E-state index < -0.39 is 0 Å². The Morgan fingerprint density at radius 1 is 1.23 bits per heavy atom. The Balaban J connectivity index is 1.37. The van der Waals surface area contributed by atoms with E-state index in [1.165, 1.54) is 0 Å². The van der Waals surface area contributed by atoms with Gasteiger partial charge < -0.3 is 25.8 Å². The second-order valence-corrected chi connectivity index (χ2v) is 10.0. The maximum atomic E-state index is 12.8. The van der Waals surface area contributed by atoms with Crippen LogP contribution in [0.15, 0.2) is 18.5 Å². The Morgan fingerprint density at radius 3 is 2.66 bits per heavy atom. The minimum absolute atomic E-state index is 0.0157. The molecule has 0 bridgehead atoms. The SMILES string of the molecule is CC(C(=O)NCc1cc2nc(-c3cnc(N)nc3)nc(N3CCOCC3)c2s1)N1CCC(O)CC1. The molecule has 2 saturated heterocycles. The summed E-state index contributed by atoms with van der Waals surface area (Å²) in [4.78, 5) is 35.9. The van der Waals surface area contributed by atoms with Crippen LogP contribution < -0.4 is 16.0 Å². The van der Waals surface area contributed by atoms with Gasteiger partial charge in [-0.1, -0.05) is 0 Å². The molecule has 11 nitrogen and oxygen atoms in total. The number of anilines is 2. The fraction of sp³-hybridized carbons (Fsp3) is 0.522. The van der Waals surface area contributed by atoms with Crippen LogP contribution in [0.5, 0.6) is 0 Å². The van der Waals surface area contributed by atoms with Gasteiger partial charge in [0.05, 0.1) is 47.7 Å². The largest absolute Gasteiger partial charge is 0.393 e. The van der Waals surface area contributed by atoms with Gasteiger partial charge in [-0.15, -0.1) is 11.3 Å². The minimum Gasteiger partial charge on any atom is -0.393 e. The normalized spacial score (nSPS) is 18.6. The molecule has 0 saturated carbocycles. The summed E-state index contributed by atoms with van der Waals surface area (Å²) in [7, 11) is 0. The average molecular weight is 499 g/mol. The van der Waals surface area contributed by atoms with Crippen LogP contribution in [0.4, 0.5) is 11.8 Å². The first-order valence-corrected chi connectivity index (χ1v) is 12.7. The van der Waals surface area contributed by atoms with Crippen LogP contribution in [0.25, 0.3) is 21.6 Å². The average Bonchev–Trinajstić information content (AvgIpc) is 3.31. The van der Waals surface area contributed by atoms with Gasteiger partial charge in [0.1, 0.15) is 0 Å². The van der Waals surface area contributed by atoms with Crippen molar-refractivity contribution in [3.63, 3.8) is 0 Å². The minimum atomic E-state index is -0.258. The van der Waals surface area contributed by atoms with Crippen molar-refractivity contribution < 1.29 is 14.6 Å². The third-order valence-corrected chi connectivity index (χ3v) is 7.63. The number of rotatable bonds is 6. The number of nitrogens with zero attached hydrogens (tertiary/aromatic N) is 6. The first kappa shape index (κ1) is 23.8. The predicted molar refractivity (Wildman–Crippen MR) is 134 cm³/mol. The number of nitrogen functional groups attached to an aromatic ring is 1. The number of nitrogens with one attached hydrogen (secondary N) is 1. The van der Waals surface area contributed by atoms with Crippen LogP contribution in [-0.4, -0.2) is 87.4 Å². The maximum absolute atomic E-state index is 12.8. The van der Waals surface area contributed by atoms with Gasteiger partial charge in [0.15, 0.2) is 11.6 Å². The number of aliphatic hydroxyl groups is 1. The molecule has 1 amide bonds. The van der Waals surface area contributed by atoms with Crippen molar-refractivity contribution >= 4 is 39.2 Å². The maximum Gasteiger partial charge on any atom is 0.237 e. The van der Waals surface area contributed by atoms with Crippen molar-refractivity contribution in [2.75, 3.05) is 50.0 Å². The van der Waals surface area contributed by atoms with E-state index in [-0.39, 0.29) is 24.0 Å². The molecule has 5 rings (SSSR count). The number of carbonyl (C=O) groups excluding carboxylic acids is 1. The summed E-state index contributed by atoms with van der Waals surface area (Å²) in [6, 6.07) is 1.77. The highest BCUT2D eigenvalue weighted by Crippen LogP contribution is 2.34. The first-order valence-electron chi connectivity index (χ1n) is 11.9. The second kappa shape index (κ2) is 10.4. The molecular formula is C23H30N8O3S. The number of piperidine rings is 1. The summed E-state index contributed by atoms with van der Waals surface area (Å²) in [5.41, 5.74) is 7.16. The highest BCUT2D eigenvalue weighted by molar-refractivity contribution is 7.19. The van der Waals surface area contributed by atoms with Crippen molar-refractivity contribution in [3.8, 4) is 11.4 Å². The van der Waals surface area contributed by atoms with Crippen LogP contribution in [0.1, 0.15) is 24.6 Å². The molecule has 0 aliphatic carbocycles. The van der Waals surface area contributed by atoms with Gasteiger partial charge in [0.25, 0.3) is 0 Å². The summed E-state index contributed by atoms with van der Waals surface area (Å²) in [6.45, 7) is 6.58. The van der Waals surface area contributed by atoms with E-state index in [4.69, 9.17) is 20.4 Å². The Bertz CT molecular complexity index is 1170. The Kier molecular flexibility index (Phi) is 7.04. The predicted octanol–water partition coefficient (Wildman–Crippen LogP) is 1.03. The van der Waals surface area contributed by atoms with Gasteiger partial charge in [-0.05, 0) is 25.8 Å². The lowest BCUT2D eigenvalue weighted by Gasteiger charge is -2.33. The summed E-state index contributed by atoms with van der Waals surface area (Å²) in [5.74, 6) is 1.58. The number of aromatic nitrogens is 4. The van der Waals surface area contributed by atoms with Crippen molar-refractivity contribution in [2.45, 2.75) is 38.5 Å². The van der Waals surface area contributed by atoms with Crippen LogP contribution in [0.3, 0.4) is 0 Å². The number of aliphatic hydroxyl groups excluding tert-OH is 1. The van der Waals surface area contributed by atoms with E-state index in [1.807, 2.05) is 13.0 Å². The molecule has 3 aromatic rings. The topological polar surface area (TPSA) is 143 Å². The fourth-order valence-electron chi connectivity index (χ4n) is 4.38. The lowest BCUT2D eigenvalue weighted by molar-refractivity contribution is -0.126. The number of hydrogen-bond acceptors (Lipinski definition) is 11. The van der Waals surface area contributed by atoms with Crippen molar-refractivity contribution in [2.24, 2.45) is 0 Å². The molecule has 5 heterocycles. The number of fused-ring (bicyclic) bond motifs is 1. The lowest BCUT2D eigenvalue weighted by Crippen LogP contribution is -2.48. The number of ether oxygens (including phenoxy) is 1. The van der Waals surface area contributed by atoms with Gasteiger partial charge in [-0.2, -0.15) is 0 Å². The van der Waals surface area contributed by atoms with Gasteiger partial charge in [-0.25, -0.2) is 19.9 Å². The highest BCUT2D eigenvalue weighted by Gasteiger charge is 2.26. The molecule has 1 atom stereocenters. The number of morpholine rings is 1. The zero-order valence-corrected chi connectivity index (χ0v) is 20.5. The molecule has 186 valence electrons. The molecule has 2 aliphatic rings. The van der Waals surface area contributed by atoms with Crippen LogP contribution in [0.2, 0.25) is 0 Å². The summed E-state index contributed by atoms with van der Waals surface area (Å²) in [5, 5.41) is 12.8. The Hall–Kier alpha value is -2.93. The molecule has 1 unspecified atom stereocenters. The molecule has 0 radical (unpaired) electrons. The highest BCUT2D eigenvalue weighted by atomic mass is 32.1. The number of hydrogen-bond donors (Lipinski definition) is 3.